The zero-order valence-corrected chi connectivity index (χ0v) is 9.94. The van der Waals surface area contributed by atoms with E-state index in [1.807, 2.05) is 13.8 Å². The summed E-state index contributed by atoms with van der Waals surface area (Å²) in [6.07, 6.45) is -3.31. The van der Waals surface area contributed by atoms with Crippen molar-refractivity contribution in [3.8, 4) is 0 Å². The van der Waals surface area contributed by atoms with Crippen LogP contribution in [0.1, 0.15) is 31.4 Å². The predicted octanol–water partition coefficient (Wildman–Crippen LogP) is 4.63. The van der Waals surface area contributed by atoms with Crippen LogP contribution in [0.4, 0.5) is 17.6 Å². The van der Waals surface area contributed by atoms with Crippen LogP contribution in [-0.4, -0.2) is 6.67 Å². The average Bonchev–Trinajstić information content (AvgIpc) is 2.16. The van der Waals surface area contributed by atoms with E-state index in [0.717, 1.165) is 17.7 Å². The predicted molar refractivity (Wildman–Crippen MR) is 59.5 cm³/mol. The second kappa shape index (κ2) is 5.07. The lowest BCUT2D eigenvalue weighted by Crippen LogP contribution is -2.16. The van der Waals surface area contributed by atoms with Gasteiger partial charge in [-0.25, -0.2) is 0 Å². The van der Waals surface area contributed by atoms with E-state index in [4.69, 9.17) is 0 Å². The molecule has 96 valence electrons. The molecule has 0 saturated heterocycles. The maximum Gasteiger partial charge on any atom is 0.416 e. The summed E-state index contributed by atoms with van der Waals surface area (Å²) < 4.78 is 49.2. The summed E-state index contributed by atoms with van der Waals surface area (Å²) >= 11 is 0. The Morgan fingerprint density at radius 1 is 1.00 bits per heavy atom. The fourth-order valence-corrected chi connectivity index (χ4v) is 1.71. The minimum absolute atomic E-state index is 0.228. The molecule has 0 aliphatic heterocycles. The van der Waals surface area contributed by atoms with Gasteiger partial charge in [0.1, 0.15) is 0 Å². The molecule has 0 aromatic heterocycles. The fourth-order valence-electron chi connectivity index (χ4n) is 1.71. The van der Waals surface area contributed by atoms with Gasteiger partial charge in [0.25, 0.3) is 0 Å². The maximum absolute atomic E-state index is 12.3. The summed E-state index contributed by atoms with van der Waals surface area (Å²) in [6.45, 7) is 3.40. The summed E-state index contributed by atoms with van der Waals surface area (Å²) in [4.78, 5) is 0. The quantitative estimate of drug-likeness (QED) is 0.681. The molecule has 0 radical (unpaired) electrons. The molecular weight excluding hydrogens is 232 g/mol. The van der Waals surface area contributed by atoms with Crippen LogP contribution in [0.15, 0.2) is 24.3 Å². The molecule has 1 aromatic carbocycles. The van der Waals surface area contributed by atoms with Crippen LogP contribution < -0.4 is 0 Å². The van der Waals surface area contributed by atoms with Gasteiger partial charge >= 0.3 is 6.18 Å². The topological polar surface area (TPSA) is 0 Å². The molecule has 0 heterocycles. The average molecular weight is 248 g/mol. The number of hydrogen-bond donors (Lipinski definition) is 0. The van der Waals surface area contributed by atoms with Crippen molar-refractivity contribution in [2.45, 2.75) is 32.9 Å². The smallest absolute Gasteiger partial charge is 0.251 e. The molecule has 17 heavy (non-hydrogen) atoms. The Balaban J connectivity index is 2.75. The van der Waals surface area contributed by atoms with Crippen molar-refractivity contribution in [2.24, 2.45) is 5.41 Å². The third-order valence-electron chi connectivity index (χ3n) is 2.74. The van der Waals surface area contributed by atoms with E-state index in [0.29, 0.717) is 12.8 Å². The normalized spacial score (nSPS) is 12.8. The highest BCUT2D eigenvalue weighted by atomic mass is 19.4. The minimum atomic E-state index is -4.30. The van der Waals surface area contributed by atoms with E-state index in [9.17, 15) is 17.6 Å². The van der Waals surface area contributed by atoms with E-state index in [2.05, 4.69) is 0 Å². The zero-order valence-electron chi connectivity index (χ0n) is 9.94. The van der Waals surface area contributed by atoms with Gasteiger partial charge in [0.05, 0.1) is 12.2 Å². The van der Waals surface area contributed by atoms with Gasteiger partial charge in [-0.2, -0.15) is 13.2 Å². The summed E-state index contributed by atoms with van der Waals surface area (Å²) in [5.41, 5.74) is -0.0740. The third-order valence-corrected chi connectivity index (χ3v) is 2.74. The first kappa shape index (κ1) is 14.0. The van der Waals surface area contributed by atoms with Gasteiger partial charge in [0.15, 0.2) is 0 Å². The van der Waals surface area contributed by atoms with Gasteiger partial charge < -0.3 is 0 Å². The Morgan fingerprint density at radius 3 is 1.94 bits per heavy atom. The van der Waals surface area contributed by atoms with Crippen LogP contribution in [-0.2, 0) is 12.6 Å². The van der Waals surface area contributed by atoms with Crippen molar-refractivity contribution in [2.75, 3.05) is 6.67 Å². The molecule has 0 N–H and O–H groups in total. The van der Waals surface area contributed by atoms with Crippen LogP contribution in [0, 0.1) is 5.41 Å². The molecule has 1 rings (SSSR count). The molecule has 0 aliphatic carbocycles. The number of alkyl halides is 4. The van der Waals surface area contributed by atoms with Gasteiger partial charge in [0.2, 0.25) is 0 Å². The Morgan fingerprint density at radius 2 is 1.53 bits per heavy atom. The largest absolute Gasteiger partial charge is 0.416 e. The molecule has 0 bridgehead atoms. The standard InChI is InChI=1S/C13H16F4/c1-12(2,7-8-14)9-10-3-5-11(6-4-10)13(15,16)17/h3-6H,7-9H2,1-2H3. The second-order valence-electron chi connectivity index (χ2n) is 4.97. The van der Waals surface area contributed by atoms with Gasteiger partial charge in [-0.3, -0.25) is 4.39 Å². The van der Waals surface area contributed by atoms with Gasteiger partial charge in [-0.05, 0) is 36.0 Å². The van der Waals surface area contributed by atoms with Crippen LogP contribution >= 0.6 is 0 Å². The zero-order chi connectivity index (χ0) is 13.1. The first-order valence-electron chi connectivity index (χ1n) is 5.47. The highest BCUT2D eigenvalue weighted by molar-refractivity contribution is 5.25. The van der Waals surface area contributed by atoms with E-state index >= 15 is 0 Å². The van der Waals surface area contributed by atoms with Crippen molar-refractivity contribution in [1.29, 1.82) is 0 Å². The molecule has 0 nitrogen and oxygen atoms in total. The van der Waals surface area contributed by atoms with E-state index in [1.54, 1.807) is 0 Å². The molecule has 1 aromatic rings. The van der Waals surface area contributed by atoms with Gasteiger partial charge in [-0.1, -0.05) is 26.0 Å². The summed E-state index contributed by atoms with van der Waals surface area (Å²) in [5.74, 6) is 0. The molecule has 0 spiro atoms. The highest BCUT2D eigenvalue weighted by Crippen LogP contribution is 2.31. The minimum Gasteiger partial charge on any atom is -0.251 e. The monoisotopic (exact) mass is 248 g/mol. The lowest BCUT2D eigenvalue weighted by Gasteiger charge is -2.23. The molecule has 0 amide bonds. The molecule has 0 fully saturated rings. The first-order chi connectivity index (χ1) is 7.74. The highest BCUT2D eigenvalue weighted by Gasteiger charge is 2.30. The van der Waals surface area contributed by atoms with Crippen LogP contribution in [0.3, 0.4) is 0 Å². The molecule has 4 heteroatoms. The van der Waals surface area contributed by atoms with Crippen LogP contribution in [0.25, 0.3) is 0 Å². The molecular formula is C13H16F4. The van der Waals surface area contributed by atoms with E-state index < -0.39 is 18.4 Å². The van der Waals surface area contributed by atoms with Crippen molar-refractivity contribution in [3.63, 3.8) is 0 Å². The van der Waals surface area contributed by atoms with Crippen molar-refractivity contribution in [1.82, 2.24) is 0 Å². The molecule has 0 atom stereocenters. The Kier molecular flexibility index (Phi) is 4.17. The van der Waals surface area contributed by atoms with E-state index in [1.165, 1.54) is 12.1 Å². The number of hydrogen-bond acceptors (Lipinski definition) is 0. The van der Waals surface area contributed by atoms with Crippen molar-refractivity contribution in [3.05, 3.63) is 35.4 Å². The second-order valence-corrected chi connectivity index (χ2v) is 4.97. The van der Waals surface area contributed by atoms with Crippen LogP contribution in [0.5, 0.6) is 0 Å². The molecule has 0 saturated carbocycles. The first-order valence-corrected chi connectivity index (χ1v) is 5.47. The van der Waals surface area contributed by atoms with Gasteiger partial charge in [-0.15, -0.1) is 0 Å². The Bertz CT molecular complexity index is 349. The summed E-state index contributed by atoms with van der Waals surface area (Å²) in [6, 6.07) is 5.06. The number of halogens is 4. The molecule has 0 unspecified atom stereocenters. The fraction of sp³-hybridized carbons (Fsp3) is 0.538. The summed E-state index contributed by atoms with van der Waals surface area (Å²) in [7, 11) is 0. The number of benzene rings is 1. The molecule has 0 aliphatic rings. The Labute approximate surface area is 98.6 Å². The maximum atomic E-state index is 12.3. The third kappa shape index (κ3) is 4.36. The van der Waals surface area contributed by atoms with Crippen molar-refractivity contribution < 1.29 is 17.6 Å². The lowest BCUT2D eigenvalue weighted by molar-refractivity contribution is -0.137. The SMILES string of the molecule is CC(C)(CCF)Cc1ccc(C(F)(F)F)cc1. The van der Waals surface area contributed by atoms with Gasteiger partial charge in [0, 0.05) is 0 Å². The Hall–Kier alpha value is -1.06. The summed E-state index contributed by atoms with van der Waals surface area (Å²) in [5, 5.41) is 0. The van der Waals surface area contributed by atoms with E-state index in [-0.39, 0.29) is 5.41 Å². The lowest BCUT2D eigenvalue weighted by atomic mass is 9.83. The number of rotatable bonds is 4. The van der Waals surface area contributed by atoms with Crippen molar-refractivity contribution >= 4 is 0 Å². The van der Waals surface area contributed by atoms with Crippen LogP contribution in [0.2, 0.25) is 0 Å².